The fourth-order valence-electron chi connectivity index (χ4n) is 3.22. The summed E-state index contributed by atoms with van der Waals surface area (Å²) in [6.07, 6.45) is 7.36. The molecule has 0 saturated carbocycles. The molecule has 0 aliphatic carbocycles. The Balaban J connectivity index is 1.27. The first-order chi connectivity index (χ1) is 13.2. The van der Waals surface area contributed by atoms with Gasteiger partial charge in [0.1, 0.15) is 5.65 Å². The molecular formula is C19H21ClN6O. The van der Waals surface area contributed by atoms with Crippen molar-refractivity contribution in [2.75, 3.05) is 26.2 Å². The largest absolute Gasteiger partial charge is 0.334 e. The molecule has 1 fully saturated rings. The molecule has 1 saturated heterocycles. The Kier molecular flexibility index (Phi) is 5.22. The highest BCUT2D eigenvalue weighted by molar-refractivity contribution is 6.30. The van der Waals surface area contributed by atoms with E-state index >= 15 is 0 Å². The summed E-state index contributed by atoms with van der Waals surface area (Å²) in [5.41, 5.74) is 2.89. The number of piperazine rings is 1. The van der Waals surface area contributed by atoms with Gasteiger partial charge < -0.3 is 14.6 Å². The van der Waals surface area contributed by atoms with Gasteiger partial charge >= 0.3 is 6.03 Å². The molecule has 2 amide bonds. The highest BCUT2D eigenvalue weighted by atomic mass is 35.5. The van der Waals surface area contributed by atoms with Crippen LogP contribution in [0.1, 0.15) is 11.3 Å². The molecule has 3 aromatic rings. The second-order valence-corrected chi connectivity index (χ2v) is 7.06. The quantitative estimate of drug-likeness (QED) is 0.750. The second-order valence-electron chi connectivity index (χ2n) is 6.63. The van der Waals surface area contributed by atoms with Crippen LogP contribution < -0.4 is 5.32 Å². The maximum Gasteiger partial charge on any atom is 0.317 e. The van der Waals surface area contributed by atoms with Crippen LogP contribution in [0.25, 0.3) is 5.65 Å². The Morgan fingerprint density at radius 3 is 2.78 bits per heavy atom. The normalized spacial score (nSPS) is 15.2. The highest BCUT2D eigenvalue weighted by Gasteiger charge is 2.21. The highest BCUT2D eigenvalue weighted by Crippen LogP contribution is 2.14. The number of imidazole rings is 1. The summed E-state index contributed by atoms with van der Waals surface area (Å²) >= 11 is 6.02. The Labute approximate surface area is 162 Å². The van der Waals surface area contributed by atoms with Crippen LogP contribution >= 0.6 is 11.6 Å². The van der Waals surface area contributed by atoms with Crippen LogP contribution in [0.4, 0.5) is 4.79 Å². The molecule has 1 N–H and O–H groups in total. The number of nitrogens with one attached hydrogen (secondary N) is 1. The molecule has 3 aromatic heterocycles. The zero-order chi connectivity index (χ0) is 18.6. The third-order valence-electron chi connectivity index (χ3n) is 4.68. The number of hydrogen-bond acceptors (Lipinski definition) is 4. The van der Waals surface area contributed by atoms with E-state index in [9.17, 15) is 4.79 Å². The van der Waals surface area contributed by atoms with Crippen molar-refractivity contribution in [2.45, 2.75) is 13.1 Å². The molecule has 4 rings (SSSR count). The molecule has 140 valence electrons. The van der Waals surface area contributed by atoms with E-state index in [0.717, 1.165) is 36.5 Å². The van der Waals surface area contributed by atoms with Gasteiger partial charge in [0.25, 0.3) is 0 Å². The van der Waals surface area contributed by atoms with Gasteiger partial charge in [-0.2, -0.15) is 0 Å². The van der Waals surface area contributed by atoms with Crippen LogP contribution in [0.5, 0.6) is 0 Å². The number of nitrogens with zero attached hydrogens (tertiary/aromatic N) is 5. The monoisotopic (exact) mass is 384 g/mol. The summed E-state index contributed by atoms with van der Waals surface area (Å²) < 4.78 is 1.94. The number of halogens is 1. The number of aromatic nitrogens is 3. The smallest absolute Gasteiger partial charge is 0.317 e. The van der Waals surface area contributed by atoms with Gasteiger partial charge in [-0.05, 0) is 23.8 Å². The number of urea groups is 1. The minimum atomic E-state index is -0.0270. The fraction of sp³-hybridized carbons (Fsp3) is 0.316. The van der Waals surface area contributed by atoms with Crippen molar-refractivity contribution in [3.63, 3.8) is 0 Å². The van der Waals surface area contributed by atoms with Gasteiger partial charge in [0, 0.05) is 64.1 Å². The fourth-order valence-corrected chi connectivity index (χ4v) is 3.39. The van der Waals surface area contributed by atoms with E-state index in [1.54, 1.807) is 12.4 Å². The molecule has 0 unspecified atom stereocenters. The average molecular weight is 385 g/mol. The van der Waals surface area contributed by atoms with Crippen LogP contribution in [0.15, 0.2) is 49.1 Å². The summed E-state index contributed by atoms with van der Waals surface area (Å²) in [6, 6.07) is 7.55. The molecule has 0 spiro atoms. The third-order valence-corrected chi connectivity index (χ3v) is 4.90. The summed E-state index contributed by atoms with van der Waals surface area (Å²) in [5.74, 6) is 0. The van der Waals surface area contributed by atoms with E-state index in [0.29, 0.717) is 24.7 Å². The molecule has 1 aliphatic heterocycles. The number of rotatable bonds is 4. The second kappa shape index (κ2) is 7.94. The van der Waals surface area contributed by atoms with Gasteiger partial charge in [0.2, 0.25) is 0 Å². The predicted octanol–water partition coefficient (Wildman–Crippen LogP) is 2.41. The first-order valence-electron chi connectivity index (χ1n) is 8.94. The molecular weight excluding hydrogens is 364 g/mol. The minimum Gasteiger partial charge on any atom is -0.334 e. The molecule has 27 heavy (non-hydrogen) atoms. The van der Waals surface area contributed by atoms with Crippen molar-refractivity contribution in [3.05, 3.63) is 65.3 Å². The molecule has 8 heteroatoms. The van der Waals surface area contributed by atoms with Crippen molar-refractivity contribution in [2.24, 2.45) is 0 Å². The lowest BCUT2D eigenvalue weighted by molar-refractivity contribution is 0.134. The average Bonchev–Trinajstić information content (AvgIpc) is 3.09. The zero-order valence-corrected chi connectivity index (χ0v) is 15.6. The van der Waals surface area contributed by atoms with E-state index in [1.807, 2.05) is 46.0 Å². The first kappa shape index (κ1) is 17.8. The number of carbonyl (C=O) groups excluding carboxylic acids is 1. The molecule has 0 radical (unpaired) electrons. The van der Waals surface area contributed by atoms with E-state index < -0.39 is 0 Å². The number of carbonyl (C=O) groups is 1. The zero-order valence-electron chi connectivity index (χ0n) is 14.9. The minimum absolute atomic E-state index is 0.0270. The summed E-state index contributed by atoms with van der Waals surface area (Å²) in [7, 11) is 0. The predicted molar refractivity (Wildman–Crippen MR) is 104 cm³/mol. The molecule has 1 aliphatic rings. The Morgan fingerprint density at radius 2 is 2.00 bits per heavy atom. The van der Waals surface area contributed by atoms with Crippen LogP contribution in [0.3, 0.4) is 0 Å². The van der Waals surface area contributed by atoms with Crippen molar-refractivity contribution < 1.29 is 4.79 Å². The van der Waals surface area contributed by atoms with Crippen molar-refractivity contribution in [1.29, 1.82) is 0 Å². The van der Waals surface area contributed by atoms with Crippen LogP contribution in [-0.4, -0.2) is 56.4 Å². The van der Waals surface area contributed by atoms with E-state index in [2.05, 4.69) is 20.2 Å². The topological polar surface area (TPSA) is 65.8 Å². The van der Waals surface area contributed by atoms with Gasteiger partial charge in [-0.3, -0.25) is 9.88 Å². The molecule has 0 bridgehead atoms. The summed E-state index contributed by atoms with van der Waals surface area (Å²) in [6.45, 7) is 4.33. The lowest BCUT2D eigenvalue weighted by Gasteiger charge is -2.34. The summed E-state index contributed by atoms with van der Waals surface area (Å²) in [4.78, 5) is 25.2. The standard InChI is InChI=1S/C19H21ClN6O/c20-16-3-4-18-23-17(14-26(18)12-16)13-24-6-8-25(9-7-24)19(27)22-11-15-2-1-5-21-10-15/h1-5,10,12,14H,6-9,11,13H2,(H,22,27). The van der Waals surface area contributed by atoms with Crippen LogP contribution in [0.2, 0.25) is 5.02 Å². The Bertz CT molecular complexity index is 920. The molecule has 7 nitrogen and oxygen atoms in total. The van der Waals surface area contributed by atoms with Gasteiger partial charge in [-0.15, -0.1) is 0 Å². The third kappa shape index (κ3) is 4.37. The molecule has 0 atom stereocenters. The van der Waals surface area contributed by atoms with E-state index in [1.165, 1.54) is 0 Å². The first-order valence-corrected chi connectivity index (χ1v) is 9.32. The maximum atomic E-state index is 12.3. The summed E-state index contributed by atoms with van der Waals surface area (Å²) in [5, 5.41) is 3.65. The van der Waals surface area contributed by atoms with Crippen LogP contribution in [-0.2, 0) is 13.1 Å². The molecule has 0 aromatic carbocycles. The maximum absolute atomic E-state index is 12.3. The number of hydrogen-bond donors (Lipinski definition) is 1. The van der Waals surface area contributed by atoms with Crippen molar-refractivity contribution in [1.82, 2.24) is 29.5 Å². The lowest BCUT2D eigenvalue weighted by atomic mass is 10.3. The van der Waals surface area contributed by atoms with Gasteiger partial charge in [-0.25, -0.2) is 9.78 Å². The Morgan fingerprint density at radius 1 is 1.15 bits per heavy atom. The number of fused-ring (bicyclic) bond motifs is 1. The lowest BCUT2D eigenvalue weighted by Crippen LogP contribution is -2.51. The van der Waals surface area contributed by atoms with Gasteiger partial charge in [0.15, 0.2) is 0 Å². The number of amides is 2. The number of pyridine rings is 2. The van der Waals surface area contributed by atoms with Gasteiger partial charge in [0.05, 0.1) is 10.7 Å². The van der Waals surface area contributed by atoms with E-state index in [-0.39, 0.29) is 6.03 Å². The van der Waals surface area contributed by atoms with Gasteiger partial charge in [-0.1, -0.05) is 17.7 Å². The molecule has 4 heterocycles. The van der Waals surface area contributed by atoms with Crippen molar-refractivity contribution in [3.8, 4) is 0 Å². The van der Waals surface area contributed by atoms with E-state index in [4.69, 9.17) is 11.6 Å². The van der Waals surface area contributed by atoms with Crippen LogP contribution in [0, 0.1) is 0 Å². The SMILES string of the molecule is O=C(NCc1cccnc1)N1CCN(Cc2cn3cc(Cl)ccc3n2)CC1. The van der Waals surface area contributed by atoms with Crippen molar-refractivity contribution >= 4 is 23.3 Å². The Hall–Kier alpha value is -2.64.